The molecule has 2 aromatic carbocycles. The van der Waals surface area contributed by atoms with Crippen LogP contribution in [-0.4, -0.2) is 23.5 Å². The zero-order valence-corrected chi connectivity index (χ0v) is 20.3. The quantitative estimate of drug-likeness (QED) is 0.542. The highest BCUT2D eigenvalue weighted by atomic mass is 16.2. The summed E-state index contributed by atoms with van der Waals surface area (Å²) < 4.78 is 0. The van der Waals surface area contributed by atoms with E-state index in [1.54, 1.807) is 12.4 Å². The Morgan fingerprint density at radius 1 is 1.06 bits per heavy atom. The minimum atomic E-state index is -0.245. The van der Waals surface area contributed by atoms with Gasteiger partial charge in [-0.15, -0.1) is 0 Å². The second kappa shape index (κ2) is 9.67. The molecule has 1 aliphatic rings. The Morgan fingerprint density at radius 2 is 1.79 bits per heavy atom. The lowest BCUT2D eigenvalue weighted by Crippen LogP contribution is -2.42. The van der Waals surface area contributed by atoms with Gasteiger partial charge < -0.3 is 15.5 Å². The smallest absolute Gasteiger partial charge is 0.319 e. The van der Waals surface area contributed by atoms with E-state index in [4.69, 9.17) is 0 Å². The maximum atomic E-state index is 13.1. The summed E-state index contributed by atoms with van der Waals surface area (Å²) in [5, 5.41) is 6.15. The molecule has 0 saturated heterocycles. The van der Waals surface area contributed by atoms with Crippen LogP contribution in [0.25, 0.3) is 0 Å². The lowest BCUT2D eigenvalue weighted by Gasteiger charge is -2.35. The van der Waals surface area contributed by atoms with Crippen molar-refractivity contribution in [1.82, 2.24) is 10.3 Å². The van der Waals surface area contributed by atoms with E-state index in [1.807, 2.05) is 60.4 Å². The summed E-state index contributed by atoms with van der Waals surface area (Å²) in [6.45, 7) is 9.00. The average Bonchev–Trinajstić information content (AvgIpc) is 2.80. The van der Waals surface area contributed by atoms with Crippen molar-refractivity contribution < 1.29 is 9.59 Å². The normalized spacial score (nSPS) is 15.4. The number of para-hydroxylation sites is 1. The first-order valence-electron chi connectivity index (χ1n) is 11.7. The lowest BCUT2D eigenvalue weighted by atomic mass is 9.86. The first-order valence-corrected chi connectivity index (χ1v) is 11.7. The fourth-order valence-corrected chi connectivity index (χ4v) is 4.28. The Labute approximate surface area is 201 Å². The minimum Gasteiger partial charge on any atom is -0.331 e. The molecule has 2 N–H and O–H groups in total. The molecule has 176 valence electrons. The molecular formula is C28H32N4O2. The van der Waals surface area contributed by atoms with Crippen LogP contribution in [0.15, 0.2) is 67.0 Å². The molecule has 3 amide bonds. The Balaban J connectivity index is 1.48. The number of aromatic nitrogens is 1. The molecule has 1 unspecified atom stereocenters. The van der Waals surface area contributed by atoms with Crippen molar-refractivity contribution >= 4 is 23.3 Å². The van der Waals surface area contributed by atoms with Gasteiger partial charge in [0.15, 0.2) is 0 Å². The summed E-state index contributed by atoms with van der Waals surface area (Å²) in [6.07, 6.45) is 4.36. The van der Waals surface area contributed by atoms with Crippen molar-refractivity contribution in [3.8, 4) is 0 Å². The summed E-state index contributed by atoms with van der Waals surface area (Å²) >= 11 is 0. The zero-order valence-electron chi connectivity index (χ0n) is 20.3. The number of anilines is 2. The first kappa shape index (κ1) is 23.5. The number of nitrogens with zero attached hydrogens (tertiary/aromatic N) is 2. The van der Waals surface area contributed by atoms with Crippen molar-refractivity contribution in [2.24, 2.45) is 0 Å². The third kappa shape index (κ3) is 5.28. The van der Waals surface area contributed by atoms with Crippen LogP contribution in [-0.2, 0) is 16.6 Å². The highest BCUT2D eigenvalue weighted by Gasteiger charge is 2.29. The number of hydrogen-bond acceptors (Lipinski definition) is 3. The molecule has 0 fully saturated rings. The molecule has 1 atom stereocenters. The summed E-state index contributed by atoms with van der Waals surface area (Å²) in [7, 11) is 0. The van der Waals surface area contributed by atoms with Crippen molar-refractivity contribution in [3.63, 3.8) is 0 Å². The van der Waals surface area contributed by atoms with Crippen LogP contribution in [0, 0.1) is 6.92 Å². The summed E-state index contributed by atoms with van der Waals surface area (Å²) in [5.74, 6) is 0.0381. The third-order valence-electron chi connectivity index (χ3n) is 6.31. The van der Waals surface area contributed by atoms with Crippen LogP contribution in [0.3, 0.4) is 0 Å². The molecule has 1 aliphatic heterocycles. The maximum Gasteiger partial charge on any atom is 0.319 e. The van der Waals surface area contributed by atoms with Crippen LogP contribution in [0.5, 0.6) is 0 Å². The van der Waals surface area contributed by atoms with E-state index < -0.39 is 0 Å². The van der Waals surface area contributed by atoms with Gasteiger partial charge in [-0.1, -0.05) is 51.1 Å². The molecule has 6 heteroatoms. The fraction of sp³-hybridized carbons (Fsp3) is 0.321. The van der Waals surface area contributed by atoms with Crippen molar-refractivity contribution in [1.29, 1.82) is 0 Å². The van der Waals surface area contributed by atoms with E-state index in [2.05, 4.69) is 42.5 Å². The molecule has 0 saturated carbocycles. The Morgan fingerprint density at radius 3 is 2.53 bits per heavy atom. The van der Waals surface area contributed by atoms with E-state index in [9.17, 15) is 9.59 Å². The summed E-state index contributed by atoms with van der Waals surface area (Å²) in [4.78, 5) is 31.8. The minimum absolute atomic E-state index is 0.00479. The topological polar surface area (TPSA) is 74.3 Å². The van der Waals surface area contributed by atoms with Crippen LogP contribution < -0.4 is 15.5 Å². The number of pyridine rings is 1. The average molecular weight is 457 g/mol. The predicted molar refractivity (Wildman–Crippen MR) is 136 cm³/mol. The standard InChI is InChI=1S/C28H32N4O2/c1-19-9-10-21(28(2,3)4)18-24(19)31-27(34)30-23-13-16-32(25-8-6-5-7-22(23)25)26(33)17-20-11-14-29-15-12-20/h5-12,14-15,18,23H,13,16-17H2,1-4H3,(H2,30,31,34). The number of aryl methyl sites for hydroxylation is 1. The number of urea groups is 1. The molecular weight excluding hydrogens is 424 g/mol. The summed E-state index contributed by atoms with van der Waals surface area (Å²) in [5.41, 5.74) is 5.72. The highest BCUT2D eigenvalue weighted by molar-refractivity contribution is 5.96. The van der Waals surface area contributed by atoms with Gasteiger partial charge in [0.2, 0.25) is 5.91 Å². The molecule has 1 aromatic heterocycles. The van der Waals surface area contributed by atoms with Gasteiger partial charge in [-0.2, -0.15) is 0 Å². The number of carbonyl (C=O) groups is 2. The Hall–Kier alpha value is -3.67. The lowest BCUT2D eigenvalue weighted by molar-refractivity contribution is -0.118. The van der Waals surface area contributed by atoms with Crippen LogP contribution in [0.2, 0.25) is 0 Å². The third-order valence-corrected chi connectivity index (χ3v) is 6.31. The highest BCUT2D eigenvalue weighted by Crippen LogP contribution is 2.34. The van der Waals surface area contributed by atoms with E-state index in [-0.39, 0.29) is 23.4 Å². The van der Waals surface area contributed by atoms with E-state index in [1.165, 1.54) is 5.56 Å². The van der Waals surface area contributed by atoms with E-state index >= 15 is 0 Å². The van der Waals surface area contributed by atoms with Crippen molar-refractivity contribution in [2.45, 2.75) is 52.0 Å². The molecule has 6 nitrogen and oxygen atoms in total. The Bertz CT molecular complexity index is 1180. The maximum absolute atomic E-state index is 13.1. The molecule has 3 aromatic rings. The van der Waals surface area contributed by atoms with Crippen LogP contribution in [0.1, 0.15) is 55.5 Å². The SMILES string of the molecule is Cc1ccc(C(C)(C)C)cc1NC(=O)NC1CCN(C(=O)Cc2ccncc2)c2ccccc21. The van der Waals surface area contributed by atoms with Crippen molar-refractivity contribution in [2.75, 3.05) is 16.8 Å². The fourth-order valence-electron chi connectivity index (χ4n) is 4.28. The van der Waals surface area contributed by atoms with Crippen LogP contribution >= 0.6 is 0 Å². The molecule has 0 spiro atoms. The monoisotopic (exact) mass is 456 g/mol. The van der Waals surface area contributed by atoms with Crippen LogP contribution in [0.4, 0.5) is 16.2 Å². The first-order chi connectivity index (χ1) is 16.2. The molecule has 0 bridgehead atoms. The van der Waals surface area contributed by atoms with Gasteiger partial charge in [0.25, 0.3) is 0 Å². The molecule has 2 heterocycles. The van der Waals surface area contributed by atoms with Gasteiger partial charge in [-0.25, -0.2) is 4.79 Å². The number of fused-ring (bicyclic) bond motifs is 1. The number of benzene rings is 2. The second-order valence-electron chi connectivity index (χ2n) is 9.86. The number of rotatable bonds is 4. The van der Waals surface area contributed by atoms with E-state index in [0.717, 1.165) is 28.1 Å². The molecule has 34 heavy (non-hydrogen) atoms. The molecule has 0 radical (unpaired) electrons. The van der Waals surface area contributed by atoms with Gasteiger partial charge in [0.05, 0.1) is 12.5 Å². The molecule has 0 aliphatic carbocycles. The van der Waals surface area contributed by atoms with Crippen molar-refractivity contribution in [3.05, 3.63) is 89.2 Å². The van der Waals surface area contributed by atoms with Gasteiger partial charge in [0, 0.05) is 30.3 Å². The van der Waals surface area contributed by atoms with Gasteiger partial charge in [0.1, 0.15) is 0 Å². The predicted octanol–water partition coefficient (Wildman–Crippen LogP) is 5.53. The zero-order chi connectivity index (χ0) is 24.3. The Kier molecular flexibility index (Phi) is 6.68. The number of hydrogen-bond donors (Lipinski definition) is 2. The number of carbonyl (C=O) groups excluding carboxylic acids is 2. The van der Waals surface area contributed by atoms with Gasteiger partial charge >= 0.3 is 6.03 Å². The second-order valence-corrected chi connectivity index (χ2v) is 9.86. The molecule has 4 rings (SSSR count). The largest absolute Gasteiger partial charge is 0.331 e. The summed E-state index contributed by atoms with van der Waals surface area (Å²) in [6, 6.07) is 17.3. The van der Waals surface area contributed by atoms with Gasteiger partial charge in [-0.05, 0) is 65.3 Å². The van der Waals surface area contributed by atoms with E-state index in [0.29, 0.717) is 19.4 Å². The van der Waals surface area contributed by atoms with Gasteiger partial charge in [-0.3, -0.25) is 9.78 Å². The number of amides is 3. The number of nitrogens with one attached hydrogen (secondary N) is 2.